The van der Waals surface area contributed by atoms with E-state index in [1.165, 1.54) is 0 Å². The molecule has 0 fully saturated rings. The molecule has 2 nitrogen and oxygen atoms in total. The molecular weight excluding hydrogens is 124 g/mol. The highest BCUT2D eigenvalue weighted by atomic mass is 32.2. The summed E-state index contributed by atoms with van der Waals surface area (Å²) >= 11 is 0. The van der Waals surface area contributed by atoms with Crippen LogP contribution in [0.15, 0.2) is 0 Å². The SMILES string of the molecule is O=S1(=O)CC#CCC1. The van der Waals surface area contributed by atoms with Crippen LogP contribution < -0.4 is 0 Å². The van der Waals surface area contributed by atoms with Crippen molar-refractivity contribution in [3.8, 4) is 11.8 Å². The third-order valence-corrected chi connectivity index (χ3v) is 2.37. The third kappa shape index (κ3) is 1.24. The van der Waals surface area contributed by atoms with Crippen molar-refractivity contribution in [1.29, 1.82) is 0 Å². The van der Waals surface area contributed by atoms with Crippen molar-refractivity contribution in [1.82, 2.24) is 0 Å². The quantitative estimate of drug-likeness (QED) is 0.426. The zero-order chi connectivity index (χ0) is 6.04. The predicted molar refractivity (Wildman–Crippen MR) is 31.0 cm³/mol. The molecular formula is C5H6O2S. The topological polar surface area (TPSA) is 34.1 Å². The first-order valence-electron chi connectivity index (χ1n) is 2.37. The van der Waals surface area contributed by atoms with Crippen LogP contribution in [0.2, 0.25) is 0 Å². The van der Waals surface area contributed by atoms with Crippen molar-refractivity contribution < 1.29 is 8.42 Å². The summed E-state index contributed by atoms with van der Waals surface area (Å²) in [6.45, 7) is 0. The Morgan fingerprint density at radius 1 is 1.25 bits per heavy atom. The molecule has 8 heavy (non-hydrogen) atoms. The molecule has 0 saturated carbocycles. The van der Waals surface area contributed by atoms with Gasteiger partial charge in [-0.1, -0.05) is 5.92 Å². The van der Waals surface area contributed by atoms with Crippen LogP contribution in [0, 0.1) is 11.8 Å². The Labute approximate surface area is 48.8 Å². The van der Waals surface area contributed by atoms with E-state index in [9.17, 15) is 8.42 Å². The summed E-state index contributed by atoms with van der Waals surface area (Å²) in [5.41, 5.74) is 0. The van der Waals surface area contributed by atoms with E-state index in [0.29, 0.717) is 6.42 Å². The molecule has 0 unspecified atom stereocenters. The van der Waals surface area contributed by atoms with Crippen LogP contribution in [0.4, 0.5) is 0 Å². The summed E-state index contributed by atoms with van der Waals surface area (Å²) in [7, 11) is -2.76. The lowest BCUT2D eigenvalue weighted by Gasteiger charge is -1.98. The number of sulfone groups is 1. The van der Waals surface area contributed by atoms with Crippen LogP contribution >= 0.6 is 0 Å². The maximum absolute atomic E-state index is 10.5. The first-order chi connectivity index (χ1) is 3.71. The normalized spacial score (nSPS) is 23.5. The second-order valence-electron chi connectivity index (χ2n) is 1.70. The van der Waals surface area contributed by atoms with Gasteiger partial charge in [-0.25, -0.2) is 8.42 Å². The van der Waals surface area contributed by atoms with Crippen LogP contribution in [0.3, 0.4) is 0 Å². The molecule has 44 valence electrons. The lowest BCUT2D eigenvalue weighted by molar-refractivity contribution is 0.598. The minimum absolute atomic E-state index is 0.0625. The van der Waals surface area contributed by atoms with Crippen LogP contribution in [0.1, 0.15) is 6.42 Å². The highest BCUT2D eigenvalue weighted by Crippen LogP contribution is 1.95. The zero-order valence-electron chi connectivity index (χ0n) is 4.35. The maximum Gasteiger partial charge on any atom is 0.162 e. The summed E-state index contributed by atoms with van der Waals surface area (Å²) in [5.74, 6) is 5.56. The first kappa shape index (κ1) is 5.64. The molecule has 0 aliphatic carbocycles. The fraction of sp³-hybridized carbons (Fsp3) is 0.600. The molecule has 0 bridgehead atoms. The van der Waals surface area contributed by atoms with Gasteiger partial charge in [-0.2, -0.15) is 0 Å². The van der Waals surface area contributed by atoms with E-state index in [0.717, 1.165) is 0 Å². The molecule has 0 spiro atoms. The largest absolute Gasteiger partial charge is 0.228 e. The number of hydrogen-bond donors (Lipinski definition) is 0. The second-order valence-corrected chi connectivity index (χ2v) is 3.88. The van der Waals surface area contributed by atoms with E-state index in [4.69, 9.17) is 0 Å². The van der Waals surface area contributed by atoms with Crippen LogP contribution in [0.25, 0.3) is 0 Å². The molecule has 1 heterocycles. The maximum atomic E-state index is 10.5. The molecule has 0 N–H and O–H groups in total. The Hall–Kier alpha value is -0.490. The van der Waals surface area contributed by atoms with Crippen molar-refractivity contribution in [2.75, 3.05) is 11.5 Å². The van der Waals surface area contributed by atoms with E-state index >= 15 is 0 Å². The predicted octanol–water partition coefficient (Wildman–Crippen LogP) is -0.192. The summed E-state index contributed by atoms with van der Waals surface area (Å²) in [6.07, 6.45) is 0.516. The fourth-order valence-electron chi connectivity index (χ4n) is 0.528. The lowest BCUT2D eigenvalue weighted by atomic mass is 10.5. The van der Waals surface area contributed by atoms with Crippen molar-refractivity contribution in [2.45, 2.75) is 6.42 Å². The van der Waals surface area contributed by atoms with Gasteiger partial charge in [-0.15, -0.1) is 5.92 Å². The Kier molecular flexibility index (Phi) is 1.26. The Morgan fingerprint density at radius 2 is 2.00 bits per heavy atom. The van der Waals surface area contributed by atoms with E-state index in [-0.39, 0.29) is 11.5 Å². The highest BCUT2D eigenvalue weighted by molar-refractivity contribution is 7.91. The fourth-order valence-corrected chi connectivity index (χ4v) is 1.41. The monoisotopic (exact) mass is 130 g/mol. The van der Waals surface area contributed by atoms with Crippen LogP contribution in [-0.2, 0) is 9.84 Å². The third-order valence-electron chi connectivity index (χ3n) is 0.955. The average molecular weight is 130 g/mol. The summed E-state index contributed by atoms with van der Waals surface area (Å²) in [5, 5.41) is 0. The second kappa shape index (κ2) is 1.79. The number of rotatable bonds is 0. The molecule has 0 amide bonds. The van der Waals surface area contributed by atoms with Gasteiger partial charge in [0.15, 0.2) is 9.84 Å². The molecule has 0 atom stereocenters. The molecule has 0 saturated heterocycles. The van der Waals surface area contributed by atoms with Gasteiger partial charge in [0.05, 0.1) is 5.75 Å². The summed E-state index contributed by atoms with van der Waals surface area (Å²) < 4.78 is 21.1. The Balaban J connectivity index is 2.86. The summed E-state index contributed by atoms with van der Waals surface area (Å²) in [6, 6.07) is 0. The minimum atomic E-state index is -2.76. The van der Waals surface area contributed by atoms with Gasteiger partial charge in [0.25, 0.3) is 0 Å². The smallest absolute Gasteiger partial charge is 0.162 e. The van der Waals surface area contributed by atoms with E-state index < -0.39 is 9.84 Å². The molecule has 0 aromatic carbocycles. The molecule has 0 aromatic heterocycles. The highest BCUT2D eigenvalue weighted by Gasteiger charge is 2.09. The van der Waals surface area contributed by atoms with Crippen molar-refractivity contribution in [2.24, 2.45) is 0 Å². The molecule has 0 aromatic rings. The van der Waals surface area contributed by atoms with Crippen molar-refractivity contribution in [3.63, 3.8) is 0 Å². The van der Waals surface area contributed by atoms with Crippen LogP contribution in [0.5, 0.6) is 0 Å². The Morgan fingerprint density at radius 3 is 2.25 bits per heavy atom. The van der Waals surface area contributed by atoms with Gasteiger partial charge < -0.3 is 0 Å². The van der Waals surface area contributed by atoms with Gasteiger partial charge in [-0.3, -0.25) is 0 Å². The lowest BCUT2D eigenvalue weighted by Crippen LogP contribution is -2.12. The molecule has 1 rings (SSSR count). The minimum Gasteiger partial charge on any atom is -0.228 e. The standard InChI is InChI=1S/C5H6O2S/c6-8(7)4-2-1-3-5-8/h2,4-5H2. The molecule has 1 aliphatic rings. The Bertz CT molecular complexity index is 227. The summed E-state index contributed by atoms with van der Waals surface area (Å²) in [4.78, 5) is 0. The first-order valence-corrected chi connectivity index (χ1v) is 4.19. The molecule has 0 radical (unpaired) electrons. The van der Waals surface area contributed by atoms with E-state index in [1.54, 1.807) is 0 Å². The molecule has 3 heteroatoms. The van der Waals surface area contributed by atoms with Gasteiger partial charge in [-0.05, 0) is 0 Å². The van der Waals surface area contributed by atoms with Crippen molar-refractivity contribution >= 4 is 9.84 Å². The van der Waals surface area contributed by atoms with E-state index in [2.05, 4.69) is 11.8 Å². The number of hydrogen-bond acceptors (Lipinski definition) is 2. The van der Waals surface area contributed by atoms with Gasteiger partial charge in [0, 0.05) is 6.42 Å². The zero-order valence-corrected chi connectivity index (χ0v) is 5.16. The van der Waals surface area contributed by atoms with Gasteiger partial charge >= 0.3 is 0 Å². The average Bonchev–Trinajstić information content (AvgIpc) is 1.65. The van der Waals surface area contributed by atoms with E-state index in [1.807, 2.05) is 0 Å². The van der Waals surface area contributed by atoms with Gasteiger partial charge in [0.1, 0.15) is 5.75 Å². The van der Waals surface area contributed by atoms with Crippen molar-refractivity contribution in [3.05, 3.63) is 0 Å². The van der Waals surface area contributed by atoms with Crippen LogP contribution in [-0.4, -0.2) is 19.9 Å². The molecule has 1 aliphatic heterocycles. The van der Waals surface area contributed by atoms with Gasteiger partial charge in [0.2, 0.25) is 0 Å².